The van der Waals surface area contributed by atoms with E-state index in [4.69, 9.17) is 0 Å². The van der Waals surface area contributed by atoms with E-state index in [0.717, 1.165) is 38.3 Å². The summed E-state index contributed by atoms with van der Waals surface area (Å²) in [6.07, 6.45) is 0. The Hall–Kier alpha value is -2.99. The fraction of sp³-hybridized carbons (Fsp3) is 0.238. The number of benzene rings is 2. The number of halogens is 1. The fourth-order valence-corrected chi connectivity index (χ4v) is 3.32. The number of aromatic amines is 1. The van der Waals surface area contributed by atoms with Crippen molar-refractivity contribution in [2.24, 2.45) is 0 Å². The van der Waals surface area contributed by atoms with Crippen LogP contribution >= 0.6 is 0 Å². The molecule has 5 nitrogen and oxygen atoms in total. The first-order valence-electron chi connectivity index (χ1n) is 9.06. The fourth-order valence-electron chi connectivity index (χ4n) is 3.32. The molecule has 0 saturated carbocycles. The molecule has 0 bridgehead atoms. The van der Waals surface area contributed by atoms with Gasteiger partial charge >= 0.3 is 0 Å². The maximum Gasteiger partial charge on any atom is 0.252 e. The summed E-state index contributed by atoms with van der Waals surface area (Å²) in [5.74, 6) is 0.263. The van der Waals surface area contributed by atoms with Crippen LogP contribution in [-0.4, -0.2) is 41.0 Å². The van der Waals surface area contributed by atoms with Gasteiger partial charge in [-0.1, -0.05) is 30.3 Å². The van der Waals surface area contributed by atoms with E-state index in [-0.39, 0.29) is 11.4 Å². The Bertz CT molecular complexity index is 948. The van der Waals surface area contributed by atoms with Crippen molar-refractivity contribution in [2.75, 3.05) is 31.1 Å². The van der Waals surface area contributed by atoms with Crippen LogP contribution in [0.25, 0.3) is 11.3 Å². The second-order valence-electron chi connectivity index (χ2n) is 6.71. The van der Waals surface area contributed by atoms with Gasteiger partial charge in [-0.25, -0.2) is 9.37 Å². The minimum Gasteiger partial charge on any atom is -0.340 e. The molecule has 4 rings (SSSR count). The highest BCUT2D eigenvalue weighted by Gasteiger charge is 2.19. The number of aromatic nitrogens is 2. The van der Waals surface area contributed by atoms with E-state index in [0.29, 0.717) is 11.6 Å². The van der Waals surface area contributed by atoms with Gasteiger partial charge in [0.25, 0.3) is 5.56 Å². The summed E-state index contributed by atoms with van der Waals surface area (Å²) < 4.78 is 13.1. The van der Waals surface area contributed by atoms with Crippen molar-refractivity contribution in [3.63, 3.8) is 0 Å². The van der Waals surface area contributed by atoms with Crippen molar-refractivity contribution in [3.8, 4) is 11.3 Å². The topological polar surface area (TPSA) is 52.2 Å². The van der Waals surface area contributed by atoms with Crippen LogP contribution in [0.1, 0.15) is 5.56 Å². The molecule has 2 aromatic carbocycles. The van der Waals surface area contributed by atoms with Crippen LogP contribution in [0.3, 0.4) is 0 Å². The van der Waals surface area contributed by atoms with Gasteiger partial charge in [-0.3, -0.25) is 14.7 Å². The average Bonchev–Trinajstić information content (AvgIpc) is 2.69. The van der Waals surface area contributed by atoms with Gasteiger partial charge in [0.05, 0.1) is 5.69 Å². The number of nitrogens with zero attached hydrogens (tertiary/aromatic N) is 3. The lowest BCUT2D eigenvalue weighted by Gasteiger charge is -2.35. The molecule has 1 aromatic heterocycles. The Morgan fingerprint density at radius 1 is 0.963 bits per heavy atom. The summed E-state index contributed by atoms with van der Waals surface area (Å²) in [7, 11) is 0. The molecule has 0 unspecified atom stereocenters. The lowest BCUT2D eigenvalue weighted by molar-refractivity contribution is 0.248. The van der Waals surface area contributed by atoms with Gasteiger partial charge in [0.15, 0.2) is 0 Å². The van der Waals surface area contributed by atoms with Crippen molar-refractivity contribution in [1.29, 1.82) is 0 Å². The molecule has 0 radical (unpaired) electrons. The third kappa shape index (κ3) is 4.23. The molecule has 1 aliphatic heterocycles. The van der Waals surface area contributed by atoms with Gasteiger partial charge in [-0.05, 0) is 29.8 Å². The standard InChI is InChI=1S/C21H21FN4O/c22-18-8-6-17(7-9-18)19-14-20(27)24-21(23-19)26-12-10-25(11-13-26)15-16-4-2-1-3-5-16/h1-9,14H,10-13,15H2,(H,23,24,27). The first kappa shape index (κ1) is 17.4. The van der Waals surface area contributed by atoms with Gasteiger partial charge in [0.1, 0.15) is 5.82 Å². The minimum atomic E-state index is -0.307. The van der Waals surface area contributed by atoms with Crippen LogP contribution < -0.4 is 10.5 Å². The molecule has 0 amide bonds. The molecule has 0 spiro atoms. The molecular formula is C21H21FN4O. The number of hydrogen-bond donors (Lipinski definition) is 1. The van der Waals surface area contributed by atoms with Gasteiger partial charge in [0, 0.05) is 44.4 Å². The van der Waals surface area contributed by atoms with Crippen LogP contribution in [0, 0.1) is 5.82 Å². The Morgan fingerprint density at radius 2 is 1.67 bits per heavy atom. The number of nitrogens with one attached hydrogen (secondary N) is 1. The van der Waals surface area contributed by atoms with Gasteiger partial charge in [0.2, 0.25) is 5.95 Å². The molecular weight excluding hydrogens is 343 g/mol. The van der Waals surface area contributed by atoms with Crippen LogP contribution in [0.5, 0.6) is 0 Å². The van der Waals surface area contributed by atoms with Gasteiger partial charge in [-0.15, -0.1) is 0 Å². The Balaban J connectivity index is 1.46. The van der Waals surface area contributed by atoms with E-state index in [2.05, 4.69) is 44.0 Å². The normalized spacial score (nSPS) is 15.1. The van der Waals surface area contributed by atoms with Gasteiger partial charge < -0.3 is 4.90 Å². The van der Waals surface area contributed by atoms with E-state index in [1.807, 2.05) is 6.07 Å². The summed E-state index contributed by atoms with van der Waals surface area (Å²) in [6, 6.07) is 17.9. The molecule has 27 heavy (non-hydrogen) atoms. The largest absolute Gasteiger partial charge is 0.340 e. The smallest absolute Gasteiger partial charge is 0.252 e. The Labute approximate surface area is 157 Å². The zero-order chi connectivity index (χ0) is 18.6. The second-order valence-corrected chi connectivity index (χ2v) is 6.71. The average molecular weight is 364 g/mol. The van der Waals surface area contributed by atoms with Crippen LogP contribution in [0.15, 0.2) is 65.5 Å². The number of anilines is 1. The molecule has 1 N–H and O–H groups in total. The summed E-state index contributed by atoms with van der Waals surface area (Å²) in [6.45, 7) is 4.32. The first-order valence-corrected chi connectivity index (χ1v) is 9.06. The Morgan fingerprint density at radius 3 is 2.37 bits per heavy atom. The van der Waals surface area contributed by atoms with Crippen molar-refractivity contribution in [3.05, 3.63) is 82.4 Å². The van der Waals surface area contributed by atoms with Gasteiger partial charge in [-0.2, -0.15) is 0 Å². The summed E-state index contributed by atoms with van der Waals surface area (Å²) in [4.78, 5) is 24.0. The molecule has 138 valence electrons. The zero-order valence-electron chi connectivity index (χ0n) is 14.9. The van der Waals surface area contributed by atoms with Crippen LogP contribution in [0.2, 0.25) is 0 Å². The summed E-state index contributed by atoms with van der Waals surface area (Å²) in [5.41, 5.74) is 2.38. The maximum absolute atomic E-state index is 13.1. The lowest BCUT2D eigenvalue weighted by Crippen LogP contribution is -2.46. The summed E-state index contributed by atoms with van der Waals surface area (Å²) >= 11 is 0. The van der Waals surface area contributed by atoms with E-state index >= 15 is 0 Å². The lowest BCUT2D eigenvalue weighted by atomic mass is 10.1. The molecule has 6 heteroatoms. The van der Waals surface area contributed by atoms with E-state index in [9.17, 15) is 9.18 Å². The third-order valence-corrected chi connectivity index (χ3v) is 4.79. The zero-order valence-corrected chi connectivity index (χ0v) is 14.9. The number of rotatable bonds is 4. The molecule has 0 atom stereocenters. The van der Waals surface area contributed by atoms with E-state index < -0.39 is 0 Å². The molecule has 3 aromatic rings. The number of hydrogen-bond acceptors (Lipinski definition) is 4. The van der Waals surface area contributed by atoms with E-state index in [1.54, 1.807) is 12.1 Å². The SMILES string of the molecule is O=c1cc(-c2ccc(F)cc2)nc(N2CCN(Cc3ccccc3)CC2)[nH]1. The number of H-pyrrole nitrogens is 1. The predicted molar refractivity (Wildman–Crippen MR) is 104 cm³/mol. The minimum absolute atomic E-state index is 0.203. The molecule has 0 aliphatic carbocycles. The predicted octanol–water partition coefficient (Wildman–Crippen LogP) is 2.90. The maximum atomic E-state index is 13.1. The highest BCUT2D eigenvalue weighted by molar-refractivity contribution is 5.60. The highest BCUT2D eigenvalue weighted by Crippen LogP contribution is 2.19. The van der Waals surface area contributed by atoms with Crippen molar-refractivity contribution >= 4 is 5.95 Å². The molecule has 2 heterocycles. The first-order chi connectivity index (χ1) is 13.2. The van der Waals surface area contributed by atoms with Crippen LogP contribution in [0.4, 0.5) is 10.3 Å². The quantitative estimate of drug-likeness (QED) is 0.773. The second kappa shape index (κ2) is 7.72. The van der Waals surface area contributed by atoms with Crippen LogP contribution in [-0.2, 0) is 6.54 Å². The number of piperazine rings is 1. The molecule has 1 fully saturated rings. The van der Waals surface area contributed by atoms with Crippen molar-refractivity contribution in [2.45, 2.75) is 6.54 Å². The van der Waals surface area contributed by atoms with Crippen molar-refractivity contribution < 1.29 is 4.39 Å². The Kier molecular flexibility index (Phi) is 4.98. The van der Waals surface area contributed by atoms with E-state index in [1.165, 1.54) is 23.8 Å². The monoisotopic (exact) mass is 364 g/mol. The third-order valence-electron chi connectivity index (χ3n) is 4.79. The highest BCUT2D eigenvalue weighted by atomic mass is 19.1. The molecule has 1 aliphatic rings. The summed E-state index contributed by atoms with van der Waals surface area (Å²) in [5, 5.41) is 0. The van der Waals surface area contributed by atoms with Crippen molar-refractivity contribution in [1.82, 2.24) is 14.9 Å². The molecule has 1 saturated heterocycles.